The van der Waals surface area contributed by atoms with Crippen molar-refractivity contribution in [3.63, 3.8) is 0 Å². The van der Waals surface area contributed by atoms with Crippen molar-refractivity contribution >= 4 is 32.4 Å². The van der Waals surface area contributed by atoms with Crippen LogP contribution in [0.25, 0.3) is 11.0 Å². The molecule has 0 saturated heterocycles. The highest BCUT2D eigenvalue weighted by atomic mass is 32.2. The van der Waals surface area contributed by atoms with Gasteiger partial charge in [-0.15, -0.1) is 0 Å². The van der Waals surface area contributed by atoms with Gasteiger partial charge in [0.1, 0.15) is 17.3 Å². The molecule has 0 aliphatic carbocycles. The van der Waals surface area contributed by atoms with Gasteiger partial charge in [-0.05, 0) is 36.4 Å². The van der Waals surface area contributed by atoms with Gasteiger partial charge in [0.2, 0.25) is 0 Å². The quantitative estimate of drug-likeness (QED) is 0.362. The van der Waals surface area contributed by atoms with Crippen LogP contribution in [0.1, 0.15) is 11.3 Å². The summed E-state index contributed by atoms with van der Waals surface area (Å²) >= 11 is 0. The first-order valence-corrected chi connectivity index (χ1v) is 11.9. The third-order valence-corrected chi connectivity index (χ3v) is 6.77. The number of nitrogens with zero attached hydrogens (tertiary/aromatic N) is 2. The first-order chi connectivity index (χ1) is 16.6. The maximum absolute atomic E-state index is 13.1. The van der Waals surface area contributed by atoms with Crippen molar-refractivity contribution in [1.29, 1.82) is 0 Å². The van der Waals surface area contributed by atoms with E-state index in [0.717, 1.165) is 24.3 Å². The SMILES string of the molecule is COc1cc(Nc2nc3ccccc3nc2CS(=O)(=O)c2ccc(C(F)(F)F)cc2)cc(OC)c1. The third kappa shape index (κ3) is 5.46. The highest BCUT2D eigenvalue weighted by molar-refractivity contribution is 7.90. The Morgan fingerprint density at radius 3 is 1.97 bits per heavy atom. The van der Waals surface area contributed by atoms with E-state index in [1.807, 2.05) is 0 Å². The highest BCUT2D eigenvalue weighted by Crippen LogP contribution is 2.32. The van der Waals surface area contributed by atoms with Crippen molar-refractivity contribution in [3.05, 3.63) is 78.0 Å². The van der Waals surface area contributed by atoms with Gasteiger partial charge >= 0.3 is 6.18 Å². The molecule has 4 aromatic rings. The minimum atomic E-state index is -4.57. The normalized spacial score (nSPS) is 11.9. The summed E-state index contributed by atoms with van der Waals surface area (Å²) in [5.74, 6) is 0.591. The number of benzene rings is 3. The van der Waals surface area contributed by atoms with Crippen LogP contribution >= 0.6 is 0 Å². The van der Waals surface area contributed by atoms with Gasteiger partial charge in [0, 0.05) is 23.9 Å². The van der Waals surface area contributed by atoms with Crippen LogP contribution in [-0.4, -0.2) is 32.6 Å². The number of fused-ring (bicyclic) bond motifs is 1. The smallest absolute Gasteiger partial charge is 0.416 e. The molecule has 4 rings (SSSR count). The monoisotopic (exact) mass is 503 g/mol. The lowest BCUT2D eigenvalue weighted by Gasteiger charge is -2.14. The summed E-state index contributed by atoms with van der Waals surface area (Å²) in [6.07, 6.45) is -4.57. The van der Waals surface area contributed by atoms with Crippen molar-refractivity contribution in [3.8, 4) is 11.5 Å². The van der Waals surface area contributed by atoms with Crippen LogP contribution in [0.2, 0.25) is 0 Å². The Balaban J connectivity index is 1.75. The molecule has 0 unspecified atom stereocenters. The van der Waals surface area contributed by atoms with Gasteiger partial charge in [-0.1, -0.05) is 12.1 Å². The van der Waals surface area contributed by atoms with Gasteiger partial charge in [-0.3, -0.25) is 0 Å². The maximum atomic E-state index is 13.1. The van der Waals surface area contributed by atoms with E-state index in [4.69, 9.17) is 9.47 Å². The molecule has 0 aliphatic heterocycles. The Labute approximate surface area is 199 Å². The molecule has 0 fully saturated rings. The summed E-state index contributed by atoms with van der Waals surface area (Å²) in [4.78, 5) is 8.76. The van der Waals surface area contributed by atoms with Crippen LogP contribution in [-0.2, 0) is 21.8 Å². The first kappa shape index (κ1) is 24.3. The van der Waals surface area contributed by atoms with E-state index < -0.39 is 27.3 Å². The Kier molecular flexibility index (Phi) is 6.53. The van der Waals surface area contributed by atoms with Gasteiger partial charge in [0.25, 0.3) is 0 Å². The van der Waals surface area contributed by atoms with E-state index in [1.54, 1.807) is 42.5 Å². The first-order valence-electron chi connectivity index (χ1n) is 10.2. The summed E-state index contributed by atoms with van der Waals surface area (Å²) in [6.45, 7) is 0. The predicted octanol–water partition coefficient (Wildman–Crippen LogP) is 5.38. The summed E-state index contributed by atoms with van der Waals surface area (Å²) < 4.78 is 75.4. The van der Waals surface area contributed by atoms with E-state index in [-0.39, 0.29) is 16.4 Å². The minimum absolute atomic E-state index is 0.102. The molecule has 0 amide bonds. The van der Waals surface area contributed by atoms with Gasteiger partial charge in [0.15, 0.2) is 15.7 Å². The topological polar surface area (TPSA) is 90.4 Å². The van der Waals surface area contributed by atoms with Crippen LogP contribution in [0.15, 0.2) is 71.6 Å². The predicted molar refractivity (Wildman–Crippen MR) is 125 cm³/mol. The van der Waals surface area contributed by atoms with Crippen LogP contribution in [0.3, 0.4) is 0 Å². The maximum Gasteiger partial charge on any atom is 0.416 e. The summed E-state index contributed by atoms with van der Waals surface area (Å²) in [7, 11) is -1.05. The lowest BCUT2D eigenvalue weighted by Crippen LogP contribution is -2.11. The average molecular weight is 504 g/mol. The zero-order valence-corrected chi connectivity index (χ0v) is 19.4. The standard InChI is InChI=1S/C24H20F3N3O4S/c1-33-17-11-16(12-18(13-17)34-2)28-23-22(29-20-5-3-4-6-21(20)30-23)14-35(31,32)19-9-7-15(8-10-19)24(25,26)27/h3-13H,14H2,1-2H3,(H,28,30). The number of para-hydroxylation sites is 2. The number of anilines is 2. The van der Waals surface area contributed by atoms with Crippen molar-refractivity contribution in [2.45, 2.75) is 16.8 Å². The van der Waals surface area contributed by atoms with E-state index >= 15 is 0 Å². The number of aromatic nitrogens is 2. The Morgan fingerprint density at radius 2 is 1.43 bits per heavy atom. The van der Waals surface area contributed by atoms with E-state index in [2.05, 4.69) is 15.3 Å². The third-order valence-electron chi connectivity index (χ3n) is 5.12. The van der Waals surface area contributed by atoms with Crippen molar-refractivity contribution in [2.24, 2.45) is 0 Å². The number of rotatable bonds is 7. The lowest BCUT2D eigenvalue weighted by molar-refractivity contribution is -0.137. The Bertz CT molecular complexity index is 1450. The second-order valence-corrected chi connectivity index (χ2v) is 9.50. The molecular formula is C24H20F3N3O4S. The van der Waals surface area contributed by atoms with E-state index in [9.17, 15) is 21.6 Å². The number of hydrogen-bond acceptors (Lipinski definition) is 7. The van der Waals surface area contributed by atoms with Crippen LogP contribution in [0, 0.1) is 0 Å². The molecule has 0 radical (unpaired) electrons. The number of halogens is 3. The molecule has 3 aromatic carbocycles. The number of methoxy groups -OCH3 is 2. The minimum Gasteiger partial charge on any atom is -0.497 e. The molecule has 35 heavy (non-hydrogen) atoms. The highest BCUT2D eigenvalue weighted by Gasteiger charge is 2.31. The average Bonchev–Trinajstić information content (AvgIpc) is 2.83. The van der Waals surface area contributed by atoms with Crippen molar-refractivity contribution < 1.29 is 31.1 Å². The van der Waals surface area contributed by atoms with Crippen LogP contribution < -0.4 is 14.8 Å². The second-order valence-electron chi connectivity index (χ2n) is 7.52. The molecule has 7 nitrogen and oxygen atoms in total. The number of hydrogen-bond donors (Lipinski definition) is 1. The number of nitrogens with one attached hydrogen (secondary N) is 1. The fraction of sp³-hybridized carbons (Fsp3) is 0.167. The fourth-order valence-electron chi connectivity index (χ4n) is 3.37. The Hall–Kier alpha value is -3.86. The second kappa shape index (κ2) is 9.41. The van der Waals surface area contributed by atoms with Crippen molar-refractivity contribution in [1.82, 2.24) is 9.97 Å². The molecule has 1 aromatic heterocycles. The van der Waals surface area contributed by atoms with Gasteiger partial charge in [-0.2, -0.15) is 13.2 Å². The zero-order valence-electron chi connectivity index (χ0n) is 18.6. The summed E-state index contributed by atoms with van der Waals surface area (Å²) in [5.41, 5.74) is 0.681. The van der Waals surface area contributed by atoms with Crippen molar-refractivity contribution in [2.75, 3.05) is 19.5 Å². The molecule has 0 aliphatic rings. The van der Waals surface area contributed by atoms with Crippen LogP contribution in [0.4, 0.5) is 24.7 Å². The molecule has 0 atom stereocenters. The number of sulfone groups is 1. The number of alkyl halides is 3. The molecule has 11 heteroatoms. The molecular weight excluding hydrogens is 483 g/mol. The van der Waals surface area contributed by atoms with Gasteiger partial charge in [0.05, 0.1) is 41.4 Å². The van der Waals surface area contributed by atoms with E-state index in [0.29, 0.717) is 28.2 Å². The largest absolute Gasteiger partial charge is 0.497 e. The van der Waals surface area contributed by atoms with Crippen LogP contribution in [0.5, 0.6) is 11.5 Å². The molecule has 0 spiro atoms. The van der Waals surface area contributed by atoms with Gasteiger partial charge in [-0.25, -0.2) is 18.4 Å². The summed E-state index contributed by atoms with van der Waals surface area (Å²) in [6, 6.07) is 15.3. The molecule has 0 bridgehead atoms. The molecule has 1 heterocycles. The lowest BCUT2D eigenvalue weighted by atomic mass is 10.2. The number of ether oxygens (including phenoxy) is 2. The summed E-state index contributed by atoms with van der Waals surface area (Å²) in [5, 5.41) is 3.07. The van der Waals surface area contributed by atoms with E-state index in [1.165, 1.54) is 14.2 Å². The molecule has 0 saturated carbocycles. The fourth-order valence-corrected chi connectivity index (χ4v) is 4.65. The van der Waals surface area contributed by atoms with Gasteiger partial charge < -0.3 is 14.8 Å². The molecule has 182 valence electrons. The Morgan fingerprint density at radius 1 is 0.857 bits per heavy atom. The zero-order chi connectivity index (χ0) is 25.2. The molecule has 1 N–H and O–H groups in total.